The first kappa shape index (κ1) is 9.82. The van der Waals surface area contributed by atoms with Gasteiger partial charge < -0.3 is 0 Å². The molecule has 0 radical (unpaired) electrons. The molecule has 0 aliphatic heterocycles. The molecular formula is C12H10Cl2. The Hall–Kier alpha value is -0.720. The summed E-state index contributed by atoms with van der Waals surface area (Å²) in [5.41, 5.74) is 1.08. The zero-order valence-corrected chi connectivity index (χ0v) is 9.09. The van der Waals surface area contributed by atoms with Crippen molar-refractivity contribution in [2.24, 2.45) is 0 Å². The normalized spacial score (nSPS) is 13.0. The van der Waals surface area contributed by atoms with Crippen LogP contribution in [0.1, 0.15) is 10.9 Å². The summed E-state index contributed by atoms with van der Waals surface area (Å²) in [7, 11) is 0. The fourth-order valence-corrected chi connectivity index (χ4v) is 1.81. The molecule has 2 aromatic carbocycles. The third-order valence-corrected chi connectivity index (χ3v) is 3.14. The molecule has 0 nitrogen and oxygen atoms in total. The highest BCUT2D eigenvalue weighted by atomic mass is 35.5. The largest absolute Gasteiger partial charge is 0.125 e. The Balaban J connectivity index is 2.51. The minimum absolute atomic E-state index is 0.0960. The number of alkyl halides is 2. The van der Waals surface area contributed by atoms with Gasteiger partial charge in [-0.25, -0.2) is 0 Å². The molecule has 0 bridgehead atoms. The molecule has 0 N–H and O–H groups in total. The number of halogens is 2. The lowest BCUT2D eigenvalue weighted by atomic mass is 10.1. The highest BCUT2D eigenvalue weighted by Gasteiger charge is 2.05. The molecule has 2 rings (SSSR count). The average molecular weight is 225 g/mol. The molecule has 0 spiro atoms. The van der Waals surface area contributed by atoms with Gasteiger partial charge in [0.2, 0.25) is 0 Å². The topological polar surface area (TPSA) is 0 Å². The van der Waals surface area contributed by atoms with Gasteiger partial charge in [0.25, 0.3) is 0 Å². The lowest BCUT2D eigenvalue weighted by molar-refractivity contribution is 1.10. The molecule has 14 heavy (non-hydrogen) atoms. The second-order valence-electron chi connectivity index (χ2n) is 3.23. The fourth-order valence-electron chi connectivity index (χ4n) is 1.49. The molecule has 0 aromatic heterocycles. The van der Waals surface area contributed by atoms with Gasteiger partial charge in [-0.3, -0.25) is 0 Å². The van der Waals surface area contributed by atoms with Crippen LogP contribution in [0.4, 0.5) is 0 Å². The van der Waals surface area contributed by atoms with E-state index in [0.29, 0.717) is 5.88 Å². The molecule has 0 aliphatic rings. The fraction of sp³-hybridized carbons (Fsp3) is 0.167. The summed E-state index contributed by atoms with van der Waals surface area (Å²) in [6.07, 6.45) is 0. The van der Waals surface area contributed by atoms with Crippen LogP contribution >= 0.6 is 23.2 Å². The van der Waals surface area contributed by atoms with Crippen molar-refractivity contribution in [3.05, 3.63) is 48.0 Å². The summed E-state index contributed by atoms with van der Waals surface area (Å²) in [4.78, 5) is 0. The van der Waals surface area contributed by atoms with Crippen LogP contribution in [0.5, 0.6) is 0 Å². The van der Waals surface area contributed by atoms with Crippen LogP contribution in [0.25, 0.3) is 10.8 Å². The molecule has 0 saturated carbocycles. The number of hydrogen-bond acceptors (Lipinski definition) is 0. The SMILES string of the molecule is ClC[C@@H](Cl)c1ccc2ccccc2c1. The third-order valence-electron chi connectivity index (χ3n) is 2.27. The first-order chi connectivity index (χ1) is 6.81. The van der Waals surface area contributed by atoms with Gasteiger partial charge in [-0.1, -0.05) is 36.4 Å². The van der Waals surface area contributed by atoms with Crippen LogP contribution in [0.15, 0.2) is 42.5 Å². The molecule has 0 unspecified atom stereocenters. The van der Waals surface area contributed by atoms with Crippen molar-refractivity contribution in [3.63, 3.8) is 0 Å². The molecule has 0 amide bonds. The number of benzene rings is 2. The predicted molar refractivity (Wildman–Crippen MR) is 63.3 cm³/mol. The molecule has 1 atom stereocenters. The van der Waals surface area contributed by atoms with Gasteiger partial charge in [0.1, 0.15) is 0 Å². The van der Waals surface area contributed by atoms with Crippen molar-refractivity contribution in [1.29, 1.82) is 0 Å². The zero-order valence-electron chi connectivity index (χ0n) is 7.58. The minimum Gasteiger partial charge on any atom is -0.125 e. The van der Waals surface area contributed by atoms with Crippen molar-refractivity contribution in [1.82, 2.24) is 0 Å². The highest BCUT2D eigenvalue weighted by Crippen LogP contribution is 2.25. The third kappa shape index (κ3) is 1.87. The van der Waals surface area contributed by atoms with E-state index in [-0.39, 0.29) is 5.38 Å². The molecule has 72 valence electrons. The first-order valence-corrected chi connectivity index (χ1v) is 5.47. The molecule has 0 heterocycles. The maximum atomic E-state index is 6.06. The Morgan fingerprint density at radius 3 is 2.43 bits per heavy atom. The van der Waals surface area contributed by atoms with E-state index in [1.165, 1.54) is 10.8 Å². The lowest BCUT2D eigenvalue weighted by Crippen LogP contribution is -1.90. The van der Waals surface area contributed by atoms with E-state index in [9.17, 15) is 0 Å². The van der Waals surface area contributed by atoms with E-state index in [0.717, 1.165) is 5.56 Å². The van der Waals surface area contributed by atoms with Crippen molar-refractivity contribution in [3.8, 4) is 0 Å². The summed E-state index contributed by atoms with van der Waals surface area (Å²) in [5.74, 6) is 0.444. The zero-order chi connectivity index (χ0) is 9.97. The predicted octanol–water partition coefficient (Wildman–Crippen LogP) is 4.36. The van der Waals surface area contributed by atoms with Gasteiger partial charge in [0, 0.05) is 5.88 Å². The average Bonchev–Trinajstić information content (AvgIpc) is 2.27. The first-order valence-electron chi connectivity index (χ1n) is 4.50. The van der Waals surface area contributed by atoms with E-state index >= 15 is 0 Å². The second-order valence-corrected chi connectivity index (χ2v) is 4.06. The Morgan fingerprint density at radius 1 is 1.00 bits per heavy atom. The maximum Gasteiger partial charge on any atom is 0.0720 e. The van der Waals surface area contributed by atoms with E-state index in [2.05, 4.69) is 24.3 Å². The van der Waals surface area contributed by atoms with Crippen molar-refractivity contribution in [2.45, 2.75) is 5.38 Å². The van der Waals surface area contributed by atoms with Crippen molar-refractivity contribution >= 4 is 34.0 Å². The van der Waals surface area contributed by atoms with Crippen LogP contribution in [0.3, 0.4) is 0 Å². The molecule has 0 aliphatic carbocycles. The molecular weight excluding hydrogens is 215 g/mol. The van der Waals surface area contributed by atoms with E-state index in [1.54, 1.807) is 0 Å². The summed E-state index contributed by atoms with van der Waals surface area (Å²) in [6, 6.07) is 14.4. The van der Waals surface area contributed by atoms with Gasteiger partial charge in [0.15, 0.2) is 0 Å². The minimum atomic E-state index is -0.0960. The molecule has 0 saturated heterocycles. The molecule has 2 aromatic rings. The molecule has 0 fully saturated rings. The highest BCUT2D eigenvalue weighted by molar-refractivity contribution is 6.28. The van der Waals surface area contributed by atoms with E-state index in [1.807, 2.05) is 18.2 Å². The van der Waals surface area contributed by atoms with Gasteiger partial charge in [-0.2, -0.15) is 0 Å². The van der Waals surface area contributed by atoms with Gasteiger partial charge in [-0.05, 0) is 22.4 Å². The Morgan fingerprint density at radius 2 is 1.71 bits per heavy atom. The monoisotopic (exact) mass is 224 g/mol. The standard InChI is InChI=1S/C12H10Cl2/c13-8-12(14)11-6-5-9-3-1-2-4-10(9)7-11/h1-7,12H,8H2/t12-/m1/s1. The second kappa shape index (κ2) is 4.20. The quantitative estimate of drug-likeness (QED) is 0.666. The van der Waals surface area contributed by atoms with Crippen LogP contribution in [-0.4, -0.2) is 5.88 Å². The van der Waals surface area contributed by atoms with Gasteiger partial charge in [0.05, 0.1) is 5.38 Å². The Labute approximate surface area is 93.4 Å². The van der Waals surface area contributed by atoms with Crippen LogP contribution in [0, 0.1) is 0 Å². The van der Waals surface area contributed by atoms with Crippen LogP contribution in [-0.2, 0) is 0 Å². The summed E-state index contributed by atoms with van der Waals surface area (Å²) >= 11 is 11.8. The number of hydrogen-bond donors (Lipinski definition) is 0. The van der Waals surface area contributed by atoms with E-state index < -0.39 is 0 Å². The van der Waals surface area contributed by atoms with Crippen molar-refractivity contribution < 1.29 is 0 Å². The Kier molecular flexibility index (Phi) is 2.95. The summed E-state index contributed by atoms with van der Waals surface area (Å²) < 4.78 is 0. The number of fused-ring (bicyclic) bond motifs is 1. The summed E-state index contributed by atoms with van der Waals surface area (Å²) in [6.45, 7) is 0. The lowest BCUT2D eigenvalue weighted by Gasteiger charge is -2.06. The Bertz CT molecular complexity index is 437. The maximum absolute atomic E-state index is 6.06. The molecule has 2 heteroatoms. The summed E-state index contributed by atoms with van der Waals surface area (Å²) in [5, 5.41) is 2.34. The smallest absolute Gasteiger partial charge is 0.0720 e. The van der Waals surface area contributed by atoms with E-state index in [4.69, 9.17) is 23.2 Å². The van der Waals surface area contributed by atoms with Crippen molar-refractivity contribution in [2.75, 3.05) is 5.88 Å². The van der Waals surface area contributed by atoms with Crippen LogP contribution in [0.2, 0.25) is 0 Å². The van der Waals surface area contributed by atoms with Crippen LogP contribution < -0.4 is 0 Å². The number of rotatable bonds is 2. The van der Waals surface area contributed by atoms with Gasteiger partial charge in [-0.15, -0.1) is 23.2 Å². The van der Waals surface area contributed by atoms with Gasteiger partial charge >= 0.3 is 0 Å².